The molecule has 0 nitrogen and oxygen atoms in total. The van der Waals surface area contributed by atoms with E-state index in [1.807, 2.05) is 0 Å². The number of hydrogen-bond donors (Lipinski definition) is 0. The van der Waals surface area contributed by atoms with Crippen molar-refractivity contribution in [2.75, 3.05) is 0 Å². The topological polar surface area (TPSA) is 0 Å². The number of hydrogen-bond acceptors (Lipinski definition) is 0. The second-order valence-electron chi connectivity index (χ2n) is 2.91. The summed E-state index contributed by atoms with van der Waals surface area (Å²) in [5.41, 5.74) is 0. The van der Waals surface area contributed by atoms with Gasteiger partial charge < -0.3 is 0 Å². The van der Waals surface area contributed by atoms with Gasteiger partial charge in [0.1, 0.15) is 0 Å². The van der Waals surface area contributed by atoms with Gasteiger partial charge in [0, 0.05) is 0 Å². The van der Waals surface area contributed by atoms with Gasteiger partial charge in [-0.15, -0.1) is 0 Å². The predicted octanol–water partition coefficient (Wildman–Crippen LogP) is -0.549. The van der Waals surface area contributed by atoms with Crippen LogP contribution in [0, 0.1) is 0 Å². The van der Waals surface area contributed by atoms with Gasteiger partial charge in [-0.1, -0.05) is 0 Å². The molecule has 4 heteroatoms. The molecule has 20 valence electrons. The van der Waals surface area contributed by atoms with Crippen molar-refractivity contribution in [3.05, 3.63) is 0 Å². The molecule has 0 aromatic carbocycles. The third kappa shape index (κ3) is 6.01. The Labute approximate surface area is 66.5 Å². The van der Waals surface area contributed by atoms with Crippen LogP contribution in [0.25, 0.3) is 0 Å². The third-order valence-corrected chi connectivity index (χ3v) is 3.18. The molecule has 0 aliphatic rings. The molecule has 6 heavy (non-hydrogen) atoms. The third-order valence-electron chi connectivity index (χ3n) is 1.06. The summed E-state index contributed by atoms with van der Waals surface area (Å²) in [4.78, 5) is 0. The molecule has 0 saturated carbocycles. The van der Waals surface area contributed by atoms with E-state index >= 15 is 0 Å². The van der Waals surface area contributed by atoms with Crippen molar-refractivity contribution in [3.8, 4) is 0 Å². The maximum atomic E-state index is 2.38. The van der Waals surface area contributed by atoms with E-state index in [9.17, 15) is 0 Å². The second-order valence-corrected chi connectivity index (χ2v) is 8.74. The second kappa shape index (κ2) is 3.12. The van der Waals surface area contributed by atoms with Crippen LogP contribution in [0.5, 0.6) is 0 Å². The number of rotatable bonds is 1. The molecule has 0 aliphatic carbocycles. The quantitative estimate of drug-likeness (QED) is 0.369. The van der Waals surface area contributed by atoms with Crippen molar-refractivity contribution in [2.24, 2.45) is 0 Å². The molecule has 0 N–H and O–H groups in total. The molecule has 0 bridgehead atoms. The van der Waals surface area contributed by atoms with Crippen LogP contribution in [0.3, 0.4) is 0 Å². The van der Waals surface area contributed by atoms with E-state index in [-0.39, 0.29) is 0 Å². The van der Waals surface area contributed by atoms with E-state index in [2.05, 4.69) is 58.0 Å². The zero-order chi connectivity index (χ0) is 5.21. The van der Waals surface area contributed by atoms with Crippen molar-refractivity contribution in [1.29, 1.82) is 0 Å². The van der Waals surface area contributed by atoms with Crippen LogP contribution < -0.4 is 0 Å². The summed E-state index contributed by atoms with van der Waals surface area (Å²) in [6, 6.07) is 1.41. The molecule has 0 atom stereocenters. The van der Waals surface area contributed by atoms with Crippen LogP contribution in [0.4, 0.5) is 0 Å². The Kier molecular flexibility index (Phi) is 4.16. The molecule has 0 fully saturated rings. The molecule has 0 aromatic rings. The standard InChI is InChI=1S/C2H5Si.3Li/c1-2-3;;;/h2H2,1H3;;;. The summed E-state index contributed by atoms with van der Waals surface area (Å²) in [5.74, 6) is 0. The van der Waals surface area contributed by atoms with Gasteiger partial charge in [0.25, 0.3) is 0 Å². The van der Waals surface area contributed by atoms with Gasteiger partial charge in [-0.2, -0.15) is 0 Å². The van der Waals surface area contributed by atoms with E-state index in [4.69, 9.17) is 0 Å². The van der Waals surface area contributed by atoms with Crippen LogP contribution in [-0.4, -0.2) is 54.1 Å². The molecule has 0 saturated heterocycles. The zero-order valence-corrected chi connectivity index (χ0v) is 6.21. The van der Waals surface area contributed by atoms with Crippen LogP contribution >= 0.6 is 0 Å². The summed E-state index contributed by atoms with van der Waals surface area (Å²) in [7, 11) is 0. The Balaban J connectivity index is 3.17. The monoisotopic (exact) mass is 78.1 g/mol. The summed E-state index contributed by atoms with van der Waals surface area (Å²) in [5, 5.41) is 0. The fourth-order valence-electron chi connectivity index (χ4n) is 0. The van der Waals surface area contributed by atoms with E-state index in [0.29, 0.717) is 0 Å². The first-order valence-electron chi connectivity index (χ1n) is 2.56. The summed E-state index contributed by atoms with van der Waals surface area (Å²) < 4.78 is -0.631. The van der Waals surface area contributed by atoms with Gasteiger partial charge in [0.05, 0.1) is 0 Å². The van der Waals surface area contributed by atoms with Crippen LogP contribution in [0.15, 0.2) is 0 Å². The minimum absolute atomic E-state index is 0.631. The Morgan fingerprint density at radius 3 is 1.50 bits per heavy atom. The van der Waals surface area contributed by atoms with Crippen molar-refractivity contribution < 1.29 is 0 Å². The fourth-order valence-corrected chi connectivity index (χ4v) is 0. The van der Waals surface area contributed by atoms with Gasteiger partial charge in [-0.25, -0.2) is 0 Å². The normalized spacial score (nSPS) is 12.5. The van der Waals surface area contributed by atoms with E-state index in [1.165, 1.54) is 6.04 Å². The molecule has 0 unspecified atom stereocenters. The molecule has 0 spiro atoms. The molecule has 0 amide bonds. The average Bonchev–Trinajstić information content (AvgIpc) is 1.35. The van der Waals surface area contributed by atoms with E-state index in [1.54, 1.807) is 0 Å². The minimum atomic E-state index is -0.631. The van der Waals surface area contributed by atoms with Crippen molar-refractivity contribution >= 4 is 54.1 Å². The first-order valence-corrected chi connectivity index (χ1v) is 6.27. The first kappa shape index (κ1) is 8.01. The Morgan fingerprint density at radius 1 is 1.33 bits per heavy atom. The Morgan fingerprint density at radius 2 is 1.50 bits per heavy atom. The summed E-state index contributed by atoms with van der Waals surface area (Å²) in [6.07, 6.45) is 0. The molecule has 0 rings (SSSR count). The van der Waals surface area contributed by atoms with Gasteiger partial charge >= 0.3 is 67.1 Å². The predicted molar refractivity (Wildman–Crippen MR) is 33.5 cm³/mol. The molecular formula is C2H5Li3Si. The fraction of sp³-hybridized carbons (Fsp3) is 1.00. The molecular weight excluding hydrogens is 72.9 g/mol. The van der Waals surface area contributed by atoms with Gasteiger partial charge in [0.15, 0.2) is 0 Å². The molecule has 0 aromatic heterocycles. The van der Waals surface area contributed by atoms with Crippen molar-refractivity contribution in [1.82, 2.24) is 0 Å². The Bertz CT molecular complexity index is 38.5. The zero-order valence-electron chi connectivity index (χ0n) is 5.21. The molecule has 0 radical (unpaired) electrons. The average molecular weight is 78.0 g/mol. The van der Waals surface area contributed by atoms with Crippen molar-refractivity contribution in [2.45, 2.75) is 13.0 Å². The summed E-state index contributed by atoms with van der Waals surface area (Å²) >= 11 is 7.15. The van der Waals surface area contributed by atoms with E-state index < -0.39 is 3.05 Å². The maximum absolute atomic E-state index is 2.38. The Hall–Kier alpha value is 2.01. The van der Waals surface area contributed by atoms with E-state index in [0.717, 1.165) is 0 Å². The van der Waals surface area contributed by atoms with Crippen LogP contribution in [0.2, 0.25) is 6.04 Å². The summed E-state index contributed by atoms with van der Waals surface area (Å²) in [6.45, 7) is 2.27. The van der Waals surface area contributed by atoms with Gasteiger partial charge in [0.2, 0.25) is 0 Å². The van der Waals surface area contributed by atoms with Crippen LogP contribution in [0.1, 0.15) is 6.92 Å². The van der Waals surface area contributed by atoms with Gasteiger partial charge in [-0.05, 0) is 0 Å². The molecule has 0 aliphatic heterocycles. The SMILES string of the molecule is [Li][Si]([Li])([Li])CC. The van der Waals surface area contributed by atoms with Gasteiger partial charge in [-0.3, -0.25) is 0 Å². The van der Waals surface area contributed by atoms with Crippen molar-refractivity contribution in [3.63, 3.8) is 0 Å². The molecule has 0 heterocycles. The van der Waals surface area contributed by atoms with Crippen LogP contribution in [-0.2, 0) is 0 Å². The first-order chi connectivity index (χ1) is 2.56.